The van der Waals surface area contributed by atoms with Crippen molar-refractivity contribution < 1.29 is 4.79 Å². The molecule has 5 heteroatoms. The number of carbonyl (C=O) groups excluding carboxylic acids is 1. The number of rotatable bonds is 5. The lowest BCUT2D eigenvalue weighted by atomic mass is 9.86. The molecule has 0 radical (unpaired) electrons. The first-order chi connectivity index (χ1) is 11.8. The van der Waals surface area contributed by atoms with Gasteiger partial charge in [-0.05, 0) is 30.4 Å². The fraction of sp³-hybridized carbons (Fsp3) is 0.500. The van der Waals surface area contributed by atoms with Crippen LogP contribution in [-0.4, -0.2) is 33.6 Å². The Balaban J connectivity index is 2.36. The highest BCUT2D eigenvalue weighted by Gasteiger charge is 2.23. The van der Waals surface area contributed by atoms with Crippen LogP contribution < -0.4 is 5.32 Å². The molecule has 1 unspecified atom stereocenters. The van der Waals surface area contributed by atoms with Gasteiger partial charge in [0.2, 0.25) is 0 Å². The van der Waals surface area contributed by atoms with Crippen molar-refractivity contribution in [3.8, 4) is 0 Å². The first-order valence-electron chi connectivity index (χ1n) is 8.91. The van der Waals surface area contributed by atoms with Crippen molar-refractivity contribution in [3.05, 3.63) is 53.6 Å². The van der Waals surface area contributed by atoms with Crippen LogP contribution in [0.25, 0.3) is 0 Å². The zero-order valence-electron chi connectivity index (χ0n) is 16.2. The number of amides is 2. The fourth-order valence-corrected chi connectivity index (χ4v) is 2.85. The zero-order chi connectivity index (χ0) is 18.6. The van der Waals surface area contributed by atoms with E-state index in [-0.39, 0.29) is 17.5 Å². The number of imidazole rings is 1. The largest absolute Gasteiger partial charge is 0.336 e. The van der Waals surface area contributed by atoms with Gasteiger partial charge >= 0.3 is 6.03 Å². The summed E-state index contributed by atoms with van der Waals surface area (Å²) < 4.78 is 1.95. The van der Waals surface area contributed by atoms with Gasteiger partial charge in [-0.1, -0.05) is 45.0 Å². The predicted octanol–water partition coefficient (Wildman–Crippen LogP) is 3.86. The maximum atomic E-state index is 12.6. The zero-order valence-corrected chi connectivity index (χ0v) is 16.2. The summed E-state index contributed by atoms with van der Waals surface area (Å²) in [5.74, 6) is 0.823. The van der Waals surface area contributed by atoms with Gasteiger partial charge in [-0.3, -0.25) is 0 Å². The van der Waals surface area contributed by atoms with Gasteiger partial charge in [0.15, 0.2) is 0 Å². The van der Waals surface area contributed by atoms with E-state index in [1.165, 1.54) is 5.56 Å². The number of hydrogen-bond donors (Lipinski definition) is 1. The minimum absolute atomic E-state index is 0.0714. The molecule has 1 heterocycles. The minimum Gasteiger partial charge on any atom is -0.336 e. The Morgan fingerprint density at radius 3 is 2.24 bits per heavy atom. The number of urea groups is 1. The molecule has 136 valence electrons. The van der Waals surface area contributed by atoms with Gasteiger partial charge in [0.1, 0.15) is 11.9 Å². The Hall–Kier alpha value is -2.30. The molecule has 1 aromatic carbocycles. The number of hydrogen-bond acceptors (Lipinski definition) is 2. The second kappa shape index (κ2) is 7.72. The van der Waals surface area contributed by atoms with Gasteiger partial charge in [-0.2, -0.15) is 0 Å². The molecular formula is C20H30N4O. The number of carbonyl (C=O) groups is 1. The van der Waals surface area contributed by atoms with Crippen molar-refractivity contribution in [1.29, 1.82) is 0 Å². The van der Waals surface area contributed by atoms with Crippen LogP contribution in [0.5, 0.6) is 0 Å². The summed E-state index contributed by atoms with van der Waals surface area (Å²) in [6.07, 6.45) is 3.66. The molecule has 5 nitrogen and oxygen atoms in total. The van der Waals surface area contributed by atoms with Gasteiger partial charge in [0.25, 0.3) is 0 Å². The van der Waals surface area contributed by atoms with Crippen LogP contribution in [0, 0.1) is 0 Å². The van der Waals surface area contributed by atoms with E-state index in [9.17, 15) is 4.79 Å². The van der Waals surface area contributed by atoms with Crippen LogP contribution >= 0.6 is 0 Å². The second-order valence-corrected chi connectivity index (χ2v) is 7.32. The molecule has 0 spiro atoms. The van der Waals surface area contributed by atoms with E-state index in [1.807, 2.05) is 31.7 Å². The smallest absolute Gasteiger partial charge is 0.318 e. The van der Waals surface area contributed by atoms with E-state index in [0.29, 0.717) is 13.1 Å². The van der Waals surface area contributed by atoms with Gasteiger partial charge in [-0.15, -0.1) is 0 Å². The number of nitrogens with one attached hydrogen (secondary N) is 1. The standard InChI is InChI=1S/C20H30N4O/c1-7-24(8-2)19(25)22-17(18-21-13-14-23(18)6)15-9-11-16(12-10-15)20(3,4)5/h9-14,17H,7-8H2,1-6H3,(H,22,25). The van der Waals surface area contributed by atoms with E-state index in [2.05, 4.69) is 55.3 Å². The number of aryl methyl sites for hydroxylation is 1. The molecule has 0 aliphatic carbocycles. The summed E-state index contributed by atoms with van der Waals surface area (Å²) in [5, 5.41) is 3.14. The molecule has 0 bridgehead atoms. The van der Waals surface area contributed by atoms with Crippen molar-refractivity contribution in [1.82, 2.24) is 19.8 Å². The molecule has 0 aliphatic heterocycles. The van der Waals surface area contributed by atoms with Crippen LogP contribution in [0.2, 0.25) is 0 Å². The normalized spacial score (nSPS) is 12.7. The predicted molar refractivity (Wildman–Crippen MR) is 102 cm³/mol. The quantitative estimate of drug-likeness (QED) is 0.897. The van der Waals surface area contributed by atoms with Crippen molar-refractivity contribution in [2.45, 2.75) is 46.1 Å². The summed E-state index contributed by atoms with van der Waals surface area (Å²) >= 11 is 0. The molecule has 1 aromatic heterocycles. The molecule has 1 atom stereocenters. The molecule has 2 aromatic rings. The Morgan fingerprint density at radius 2 is 1.80 bits per heavy atom. The van der Waals surface area contributed by atoms with E-state index in [4.69, 9.17) is 0 Å². The molecule has 0 saturated heterocycles. The maximum absolute atomic E-state index is 12.6. The average molecular weight is 342 g/mol. The molecule has 1 N–H and O–H groups in total. The Labute approximate surface area is 151 Å². The highest BCUT2D eigenvalue weighted by Crippen LogP contribution is 2.26. The summed E-state index contributed by atoms with van der Waals surface area (Å²) in [4.78, 5) is 18.8. The fourth-order valence-electron chi connectivity index (χ4n) is 2.85. The molecular weight excluding hydrogens is 312 g/mol. The highest BCUT2D eigenvalue weighted by molar-refractivity contribution is 5.75. The topological polar surface area (TPSA) is 50.2 Å². The van der Waals surface area contributed by atoms with Gasteiger partial charge in [0.05, 0.1) is 0 Å². The van der Waals surface area contributed by atoms with Gasteiger partial charge < -0.3 is 14.8 Å². The summed E-state index contributed by atoms with van der Waals surface area (Å²) in [5.41, 5.74) is 2.40. The average Bonchev–Trinajstić information content (AvgIpc) is 2.99. The highest BCUT2D eigenvalue weighted by atomic mass is 16.2. The molecule has 25 heavy (non-hydrogen) atoms. The van der Waals surface area contributed by atoms with E-state index in [1.54, 1.807) is 11.1 Å². The van der Waals surface area contributed by atoms with E-state index in [0.717, 1.165) is 11.4 Å². The SMILES string of the molecule is CCN(CC)C(=O)NC(c1ccc(C(C)(C)C)cc1)c1nccn1C. The monoisotopic (exact) mass is 342 g/mol. The summed E-state index contributed by atoms with van der Waals surface area (Å²) in [6.45, 7) is 11.9. The third-order valence-electron chi connectivity index (χ3n) is 4.55. The molecule has 0 aliphatic rings. The minimum atomic E-state index is -0.276. The lowest BCUT2D eigenvalue weighted by Gasteiger charge is -2.25. The van der Waals surface area contributed by atoms with Crippen LogP contribution in [0.1, 0.15) is 57.6 Å². The first kappa shape index (κ1) is 19.0. The molecule has 0 fully saturated rings. The van der Waals surface area contributed by atoms with Crippen molar-refractivity contribution in [2.24, 2.45) is 7.05 Å². The van der Waals surface area contributed by atoms with Crippen LogP contribution in [0.15, 0.2) is 36.7 Å². The Bertz CT molecular complexity index is 693. The maximum Gasteiger partial charge on any atom is 0.318 e. The summed E-state index contributed by atoms with van der Waals surface area (Å²) in [6, 6.07) is 8.09. The Morgan fingerprint density at radius 1 is 1.20 bits per heavy atom. The van der Waals surface area contributed by atoms with Gasteiger partial charge in [0, 0.05) is 32.5 Å². The summed E-state index contributed by atoms with van der Waals surface area (Å²) in [7, 11) is 1.95. The first-order valence-corrected chi connectivity index (χ1v) is 8.91. The van der Waals surface area contributed by atoms with Gasteiger partial charge in [-0.25, -0.2) is 9.78 Å². The lowest BCUT2D eigenvalue weighted by Crippen LogP contribution is -2.42. The number of nitrogens with zero attached hydrogens (tertiary/aromatic N) is 3. The van der Waals surface area contributed by atoms with Crippen molar-refractivity contribution in [2.75, 3.05) is 13.1 Å². The number of benzene rings is 1. The Kier molecular flexibility index (Phi) is 5.88. The third kappa shape index (κ3) is 4.41. The molecule has 2 rings (SSSR count). The third-order valence-corrected chi connectivity index (χ3v) is 4.55. The van der Waals surface area contributed by atoms with Crippen LogP contribution in [0.3, 0.4) is 0 Å². The second-order valence-electron chi connectivity index (χ2n) is 7.32. The van der Waals surface area contributed by atoms with Crippen molar-refractivity contribution in [3.63, 3.8) is 0 Å². The number of aromatic nitrogens is 2. The van der Waals surface area contributed by atoms with Crippen LogP contribution in [0.4, 0.5) is 4.79 Å². The van der Waals surface area contributed by atoms with E-state index >= 15 is 0 Å². The molecule has 0 saturated carbocycles. The molecule has 2 amide bonds. The van der Waals surface area contributed by atoms with Crippen LogP contribution in [-0.2, 0) is 12.5 Å². The lowest BCUT2D eigenvalue weighted by molar-refractivity contribution is 0.200. The van der Waals surface area contributed by atoms with E-state index < -0.39 is 0 Å². The van der Waals surface area contributed by atoms with Crippen molar-refractivity contribution >= 4 is 6.03 Å².